The van der Waals surface area contributed by atoms with Crippen LogP contribution in [0.1, 0.15) is 29.5 Å². The lowest BCUT2D eigenvalue weighted by molar-refractivity contribution is 0.0306. The molecule has 0 aromatic heterocycles. The number of methoxy groups -OCH3 is 2. The molecule has 0 N–H and O–H groups in total. The average molecular weight is 408 g/mol. The summed E-state index contributed by atoms with van der Waals surface area (Å²) >= 11 is 0. The first kappa shape index (κ1) is 18.0. The van der Waals surface area contributed by atoms with Crippen molar-refractivity contribution in [2.45, 2.75) is 37.1 Å². The third-order valence-electron chi connectivity index (χ3n) is 6.73. The second-order valence-corrected chi connectivity index (χ2v) is 8.44. The van der Waals surface area contributed by atoms with Gasteiger partial charge in [-0.3, -0.25) is 0 Å². The molecule has 0 aliphatic carbocycles. The normalized spacial score (nSPS) is 29.4. The van der Waals surface area contributed by atoms with E-state index in [-0.39, 0.29) is 18.1 Å². The molecule has 30 heavy (non-hydrogen) atoms. The Hall–Kier alpha value is -2.86. The Bertz CT molecular complexity index is 1070. The smallest absolute Gasteiger partial charge is 0.164 e. The quantitative estimate of drug-likeness (QED) is 0.570. The molecule has 2 unspecified atom stereocenters. The van der Waals surface area contributed by atoms with Crippen molar-refractivity contribution >= 4 is 0 Å². The van der Waals surface area contributed by atoms with Crippen molar-refractivity contribution in [2.75, 3.05) is 27.4 Å². The molecule has 1 saturated heterocycles. The van der Waals surface area contributed by atoms with E-state index in [4.69, 9.17) is 28.4 Å². The van der Waals surface area contributed by atoms with E-state index in [9.17, 15) is 0 Å². The minimum absolute atomic E-state index is 0.0102. The standard InChI is InChI=1S/C24H24O6/c1-12(2)17-8-14-16(29-17)6-5-15-23(14)30-21-10-27-18-9-20(26-4)19(25-3)7-13(18)22(21)24(15)11-28-24/h5-7,9,17,21-22H,1,8,10-11H2,2-4H3/t17-,21?,22?,24-/m1/s1. The molecular weight excluding hydrogens is 384 g/mol. The van der Waals surface area contributed by atoms with Gasteiger partial charge in [-0.15, -0.1) is 0 Å². The van der Waals surface area contributed by atoms with Crippen LogP contribution in [0.5, 0.6) is 28.7 Å². The largest absolute Gasteiger partial charge is 0.493 e. The Balaban J connectivity index is 1.47. The van der Waals surface area contributed by atoms with Gasteiger partial charge in [0.05, 0.1) is 26.7 Å². The number of ether oxygens (including phenoxy) is 6. The highest BCUT2D eigenvalue weighted by atomic mass is 16.6. The molecule has 0 bridgehead atoms. The van der Waals surface area contributed by atoms with E-state index in [2.05, 4.69) is 12.6 Å². The first-order valence-corrected chi connectivity index (χ1v) is 10.2. The van der Waals surface area contributed by atoms with Gasteiger partial charge in [0.25, 0.3) is 0 Å². The predicted octanol–water partition coefficient (Wildman–Crippen LogP) is 3.75. The Labute approximate surface area is 175 Å². The van der Waals surface area contributed by atoms with E-state index in [1.54, 1.807) is 14.2 Å². The van der Waals surface area contributed by atoms with Crippen molar-refractivity contribution in [1.29, 1.82) is 0 Å². The molecule has 4 aliphatic heterocycles. The zero-order valence-corrected chi connectivity index (χ0v) is 17.3. The molecule has 156 valence electrons. The summed E-state index contributed by atoms with van der Waals surface area (Å²) < 4.78 is 35.9. The molecule has 4 atom stereocenters. The van der Waals surface area contributed by atoms with Crippen molar-refractivity contribution in [3.8, 4) is 28.7 Å². The van der Waals surface area contributed by atoms with Crippen LogP contribution >= 0.6 is 0 Å². The Kier molecular flexibility index (Phi) is 3.64. The van der Waals surface area contributed by atoms with Gasteiger partial charge in [0.15, 0.2) is 11.5 Å². The molecule has 4 heterocycles. The molecule has 4 aliphatic rings. The number of hydrogen-bond acceptors (Lipinski definition) is 6. The van der Waals surface area contributed by atoms with Crippen LogP contribution in [0.3, 0.4) is 0 Å². The molecule has 1 spiro atoms. The molecule has 6 nitrogen and oxygen atoms in total. The molecule has 0 saturated carbocycles. The highest BCUT2D eigenvalue weighted by Crippen LogP contribution is 2.62. The van der Waals surface area contributed by atoms with Gasteiger partial charge in [-0.25, -0.2) is 0 Å². The van der Waals surface area contributed by atoms with Crippen molar-refractivity contribution in [1.82, 2.24) is 0 Å². The van der Waals surface area contributed by atoms with E-state index >= 15 is 0 Å². The van der Waals surface area contributed by atoms with Crippen LogP contribution in [0.15, 0.2) is 36.4 Å². The Morgan fingerprint density at radius 2 is 1.87 bits per heavy atom. The van der Waals surface area contributed by atoms with Gasteiger partial charge in [-0.2, -0.15) is 0 Å². The SMILES string of the molecule is C=C(C)[C@H]1Cc2c(ccc3c2OC2COc4cc(OC)c(OC)cc4C2[C@@]32CO2)O1. The predicted molar refractivity (Wildman–Crippen MR) is 109 cm³/mol. The van der Waals surface area contributed by atoms with Crippen molar-refractivity contribution in [2.24, 2.45) is 0 Å². The lowest BCUT2D eigenvalue weighted by Crippen LogP contribution is -2.45. The molecular formula is C24H24O6. The molecule has 0 radical (unpaired) electrons. The van der Waals surface area contributed by atoms with Gasteiger partial charge >= 0.3 is 0 Å². The molecule has 6 heteroatoms. The monoisotopic (exact) mass is 408 g/mol. The summed E-state index contributed by atoms with van der Waals surface area (Å²) in [5, 5.41) is 0. The van der Waals surface area contributed by atoms with Crippen LogP contribution in [0.2, 0.25) is 0 Å². The Morgan fingerprint density at radius 1 is 1.10 bits per heavy atom. The lowest BCUT2D eigenvalue weighted by Gasteiger charge is -2.42. The average Bonchev–Trinajstić information content (AvgIpc) is 3.40. The molecule has 6 rings (SSSR count). The minimum atomic E-state index is -0.410. The van der Waals surface area contributed by atoms with Gasteiger partial charge in [0.2, 0.25) is 0 Å². The fourth-order valence-corrected chi connectivity index (χ4v) is 5.13. The number of fused-ring (bicyclic) bond motifs is 8. The third-order valence-corrected chi connectivity index (χ3v) is 6.73. The summed E-state index contributed by atoms with van der Waals surface area (Å²) in [5.74, 6) is 3.91. The third kappa shape index (κ3) is 2.28. The number of rotatable bonds is 3. The summed E-state index contributed by atoms with van der Waals surface area (Å²) in [6.07, 6.45) is 0.606. The highest BCUT2D eigenvalue weighted by molar-refractivity contribution is 5.61. The van der Waals surface area contributed by atoms with Crippen LogP contribution in [0.25, 0.3) is 0 Å². The first-order valence-electron chi connectivity index (χ1n) is 10.2. The van der Waals surface area contributed by atoms with E-state index in [0.29, 0.717) is 24.7 Å². The van der Waals surface area contributed by atoms with Gasteiger partial charge in [-0.05, 0) is 30.7 Å². The van der Waals surface area contributed by atoms with Crippen molar-refractivity contribution < 1.29 is 28.4 Å². The second kappa shape index (κ2) is 6.08. The maximum atomic E-state index is 6.58. The Morgan fingerprint density at radius 3 is 2.57 bits per heavy atom. The maximum Gasteiger partial charge on any atom is 0.164 e. The molecule has 0 amide bonds. The van der Waals surface area contributed by atoms with Gasteiger partial charge in [-0.1, -0.05) is 6.58 Å². The van der Waals surface area contributed by atoms with Gasteiger partial charge < -0.3 is 28.4 Å². The van der Waals surface area contributed by atoms with Gasteiger partial charge in [0.1, 0.15) is 41.7 Å². The summed E-state index contributed by atoms with van der Waals surface area (Å²) in [6, 6.07) is 8.02. The summed E-state index contributed by atoms with van der Waals surface area (Å²) in [4.78, 5) is 0. The summed E-state index contributed by atoms with van der Waals surface area (Å²) in [7, 11) is 3.27. The van der Waals surface area contributed by atoms with E-state index in [1.807, 2.05) is 25.1 Å². The molecule has 1 fully saturated rings. The first-order chi connectivity index (χ1) is 14.6. The van der Waals surface area contributed by atoms with E-state index < -0.39 is 5.60 Å². The maximum absolute atomic E-state index is 6.58. The van der Waals surface area contributed by atoms with Crippen LogP contribution < -0.4 is 23.7 Å². The van der Waals surface area contributed by atoms with E-state index in [1.165, 1.54) is 0 Å². The second-order valence-electron chi connectivity index (χ2n) is 8.44. The summed E-state index contributed by atoms with van der Waals surface area (Å²) in [5.41, 5.74) is 3.83. The minimum Gasteiger partial charge on any atom is -0.493 e. The topological polar surface area (TPSA) is 58.7 Å². The fourth-order valence-electron chi connectivity index (χ4n) is 5.13. The molecule has 2 aromatic rings. The number of hydrogen-bond donors (Lipinski definition) is 0. The van der Waals surface area contributed by atoms with Crippen LogP contribution in [-0.2, 0) is 16.8 Å². The summed E-state index contributed by atoms with van der Waals surface area (Å²) in [6.45, 7) is 7.17. The molecule has 2 aromatic carbocycles. The number of epoxide rings is 1. The zero-order valence-electron chi connectivity index (χ0n) is 17.3. The highest BCUT2D eigenvalue weighted by Gasteiger charge is 2.63. The van der Waals surface area contributed by atoms with Crippen molar-refractivity contribution in [3.05, 3.63) is 53.1 Å². The van der Waals surface area contributed by atoms with Crippen LogP contribution in [0.4, 0.5) is 0 Å². The number of benzene rings is 2. The zero-order chi connectivity index (χ0) is 20.6. The van der Waals surface area contributed by atoms with Crippen molar-refractivity contribution in [3.63, 3.8) is 0 Å². The van der Waals surface area contributed by atoms with E-state index in [0.717, 1.165) is 45.9 Å². The van der Waals surface area contributed by atoms with Crippen LogP contribution in [0, 0.1) is 0 Å². The van der Waals surface area contributed by atoms with Gasteiger partial charge in [0, 0.05) is 29.2 Å². The van der Waals surface area contributed by atoms with Crippen LogP contribution in [-0.4, -0.2) is 39.6 Å². The fraction of sp³-hybridized carbons (Fsp3) is 0.417. The lowest BCUT2D eigenvalue weighted by atomic mass is 9.74.